The van der Waals surface area contributed by atoms with Crippen LogP contribution in [0.1, 0.15) is 9.75 Å². The van der Waals surface area contributed by atoms with Gasteiger partial charge in [-0.15, -0.1) is 11.3 Å². The van der Waals surface area contributed by atoms with Gasteiger partial charge < -0.3 is 14.8 Å². The Morgan fingerprint density at radius 1 is 1.47 bits per heavy atom. The Morgan fingerprint density at radius 3 is 2.60 bits per heavy atom. The van der Waals surface area contributed by atoms with E-state index in [0.717, 1.165) is 6.54 Å². The molecule has 3 nitrogen and oxygen atoms in total. The van der Waals surface area contributed by atoms with Gasteiger partial charge in [-0.1, -0.05) is 0 Å². The van der Waals surface area contributed by atoms with Gasteiger partial charge in [0.15, 0.2) is 6.29 Å². The Labute approximate surface area is 103 Å². The molecule has 0 saturated carbocycles. The first-order valence-electron chi connectivity index (χ1n) is 4.68. The highest BCUT2D eigenvalue weighted by Gasteiger charge is 2.05. The molecule has 5 heteroatoms. The Balaban J connectivity index is 2.31. The average molecular weight is 294 g/mol. The van der Waals surface area contributed by atoms with E-state index in [9.17, 15) is 0 Å². The van der Waals surface area contributed by atoms with Crippen molar-refractivity contribution in [3.63, 3.8) is 0 Å². The van der Waals surface area contributed by atoms with Crippen LogP contribution < -0.4 is 5.32 Å². The minimum Gasteiger partial charge on any atom is -0.355 e. The molecular weight excluding hydrogens is 278 g/mol. The summed E-state index contributed by atoms with van der Waals surface area (Å²) >= 11 is 5.29. The molecule has 0 fully saturated rings. The molecule has 1 heterocycles. The molecule has 0 bridgehead atoms. The van der Waals surface area contributed by atoms with Crippen molar-refractivity contribution < 1.29 is 9.47 Å². The third kappa shape index (κ3) is 4.20. The van der Waals surface area contributed by atoms with Crippen LogP contribution >= 0.6 is 27.3 Å². The molecule has 1 aromatic heterocycles. The number of hydrogen-bond donors (Lipinski definition) is 1. The predicted molar refractivity (Wildman–Crippen MR) is 66.3 cm³/mol. The van der Waals surface area contributed by atoms with Gasteiger partial charge >= 0.3 is 0 Å². The van der Waals surface area contributed by atoms with E-state index in [4.69, 9.17) is 9.47 Å². The van der Waals surface area contributed by atoms with Gasteiger partial charge in [0, 0.05) is 41.5 Å². The van der Waals surface area contributed by atoms with E-state index in [1.807, 2.05) is 0 Å². The molecule has 86 valence electrons. The topological polar surface area (TPSA) is 30.5 Å². The molecule has 0 amide bonds. The van der Waals surface area contributed by atoms with Crippen LogP contribution in [0.3, 0.4) is 0 Å². The number of rotatable bonds is 6. The molecule has 0 saturated heterocycles. The second-order valence-electron chi connectivity index (χ2n) is 3.15. The first-order chi connectivity index (χ1) is 7.17. The lowest BCUT2D eigenvalue weighted by atomic mass is 10.4. The number of halogens is 1. The minimum absolute atomic E-state index is 0.172. The molecule has 0 radical (unpaired) electrons. The zero-order valence-corrected chi connectivity index (χ0v) is 11.6. The average Bonchev–Trinajstić information content (AvgIpc) is 2.53. The summed E-state index contributed by atoms with van der Waals surface area (Å²) < 4.78 is 11.3. The van der Waals surface area contributed by atoms with E-state index in [1.165, 1.54) is 14.2 Å². The summed E-state index contributed by atoms with van der Waals surface area (Å²) in [5.41, 5.74) is 0. The standard InChI is InChI=1S/C10H16BrNO2S/c1-7-9(11)4-8(15-7)5-12-6-10(13-2)14-3/h4,10,12H,5-6H2,1-3H3. The van der Waals surface area contributed by atoms with Crippen LogP contribution in [0.4, 0.5) is 0 Å². The fourth-order valence-electron chi connectivity index (χ4n) is 1.18. The summed E-state index contributed by atoms with van der Waals surface area (Å²) in [4.78, 5) is 2.62. The van der Waals surface area contributed by atoms with Crippen LogP contribution in [0, 0.1) is 6.92 Å². The molecular formula is C10H16BrNO2S. The third-order valence-electron chi connectivity index (χ3n) is 2.04. The molecule has 0 spiro atoms. The monoisotopic (exact) mass is 293 g/mol. The number of hydrogen-bond acceptors (Lipinski definition) is 4. The van der Waals surface area contributed by atoms with Crippen LogP contribution in [-0.2, 0) is 16.0 Å². The number of methoxy groups -OCH3 is 2. The Bertz CT molecular complexity index is 280. The first kappa shape index (κ1) is 13.1. The highest BCUT2D eigenvalue weighted by atomic mass is 79.9. The van der Waals surface area contributed by atoms with E-state index >= 15 is 0 Å². The van der Waals surface area contributed by atoms with Crippen molar-refractivity contribution in [2.45, 2.75) is 19.8 Å². The zero-order chi connectivity index (χ0) is 11.3. The van der Waals surface area contributed by atoms with Gasteiger partial charge in [0.05, 0.1) is 0 Å². The lowest BCUT2D eigenvalue weighted by molar-refractivity contribution is -0.0988. The maximum atomic E-state index is 5.08. The predicted octanol–water partition coefficient (Wildman–Crippen LogP) is 2.53. The molecule has 0 unspecified atom stereocenters. The summed E-state index contributed by atoms with van der Waals surface area (Å²) in [7, 11) is 3.28. The molecule has 0 aromatic carbocycles. The minimum atomic E-state index is -0.172. The summed E-state index contributed by atoms with van der Waals surface area (Å²) in [6.07, 6.45) is -0.172. The van der Waals surface area contributed by atoms with Crippen molar-refractivity contribution in [1.29, 1.82) is 0 Å². The normalized spacial score (nSPS) is 11.3. The van der Waals surface area contributed by atoms with E-state index in [-0.39, 0.29) is 6.29 Å². The third-order valence-corrected chi connectivity index (χ3v) is 4.18. The van der Waals surface area contributed by atoms with Crippen LogP contribution in [0.25, 0.3) is 0 Å². The highest BCUT2D eigenvalue weighted by Crippen LogP contribution is 2.25. The van der Waals surface area contributed by atoms with Gasteiger partial charge in [-0.2, -0.15) is 0 Å². The van der Waals surface area contributed by atoms with Gasteiger partial charge in [0.2, 0.25) is 0 Å². The fourth-order valence-corrected chi connectivity index (χ4v) is 2.75. The molecule has 0 atom stereocenters. The van der Waals surface area contributed by atoms with E-state index in [0.29, 0.717) is 6.54 Å². The van der Waals surface area contributed by atoms with Crippen molar-refractivity contribution in [2.24, 2.45) is 0 Å². The number of nitrogens with one attached hydrogen (secondary N) is 1. The van der Waals surface area contributed by atoms with Crippen molar-refractivity contribution in [3.05, 3.63) is 20.3 Å². The molecule has 0 aliphatic heterocycles. The van der Waals surface area contributed by atoms with Crippen LogP contribution in [0.2, 0.25) is 0 Å². The first-order valence-corrected chi connectivity index (χ1v) is 6.29. The maximum Gasteiger partial charge on any atom is 0.169 e. The van der Waals surface area contributed by atoms with Gasteiger partial charge in [0.1, 0.15) is 0 Å². The lowest BCUT2D eigenvalue weighted by Gasteiger charge is -2.13. The maximum absolute atomic E-state index is 5.08. The van der Waals surface area contributed by atoms with Crippen molar-refractivity contribution >= 4 is 27.3 Å². The second-order valence-corrected chi connectivity index (χ2v) is 5.34. The smallest absolute Gasteiger partial charge is 0.169 e. The van der Waals surface area contributed by atoms with Gasteiger partial charge in [0.25, 0.3) is 0 Å². The van der Waals surface area contributed by atoms with Crippen molar-refractivity contribution in [3.8, 4) is 0 Å². The SMILES string of the molecule is COC(CNCc1cc(Br)c(C)s1)OC. The lowest BCUT2D eigenvalue weighted by Crippen LogP contribution is -2.29. The van der Waals surface area contributed by atoms with E-state index in [2.05, 4.69) is 34.2 Å². The summed E-state index contributed by atoms with van der Waals surface area (Å²) in [6, 6.07) is 2.14. The van der Waals surface area contributed by atoms with Crippen LogP contribution in [0.15, 0.2) is 10.5 Å². The van der Waals surface area contributed by atoms with Crippen molar-refractivity contribution in [1.82, 2.24) is 5.32 Å². The Kier molecular flexibility index (Phi) is 5.78. The highest BCUT2D eigenvalue weighted by molar-refractivity contribution is 9.10. The number of ether oxygens (including phenoxy) is 2. The molecule has 1 aromatic rings. The fraction of sp³-hybridized carbons (Fsp3) is 0.600. The van der Waals surface area contributed by atoms with E-state index < -0.39 is 0 Å². The molecule has 0 aliphatic carbocycles. The van der Waals surface area contributed by atoms with Gasteiger partial charge in [-0.05, 0) is 28.9 Å². The molecule has 1 rings (SSSR count). The number of thiophene rings is 1. The molecule has 0 aliphatic rings. The molecule has 1 N–H and O–H groups in total. The molecule has 15 heavy (non-hydrogen) atoms. The van der Waals surface area contributed by atoms with Crippen LogP contribution in [-0.4, -0.2) is 27.1 Å². The largest absolute Gasteiger partial charge is 0.355 e. The Hall–Kier alpha value is 0.0600. The quantitative estimate of drug-likeness (QED) is 0.818. The summed E-state index contributed by atoms with van der Waals surface area (Å²) in [5.74, 6) is 0. The summed E-state index contributed by atoms with van der Waals surface area (Å²) in [6.45, 7) is 3.65. The van der Waals surface area contributed by atoms with E-state index in [1.54, 1.807) is 25.6 Å². The van der Waals surface area contributed by atoms with Gasteiger partial charge in [-0.25, -0.2) is 0 Å². The van der Waals surface area contributed by atoms with Crippen LogP contribution in [0.5, 0.6) is 0 Å². The summed E-state index contributed by atoms with van der Waals surface area (Å²) in [5, 5.41) is 3.28. The Morgan fingerprint density at radius 2 is 2.13 bits per heavy atom. The second kappa shape index (κ2) is 6.60. The number of aryl methyl sites for hydroxylation is 1. The van der Waals surface area contributed by atoms with Gasteiger partial charge in [-0.3, -0.25) is 0 Å². The zero-order valence-electron chi connectivity index (χ0n) is 9.17. The van der Waals surface area contributed by atoms with Crippen molar-refractivity contribution in [2.75, 3.05) is 20.8 Å².